The van der Waals surface area contributed by atoms with Crippen LogP contribution in [0.1, 0.15) is 13.8 Å². The lowest BCUT2D eigenvalue weighted by Crippen LogP contribution is -2.15. The first-order chi connectivity index (χ1) is 4.75. The molecular formula is C7H11BrO2. The van der Waals surface area contributed by atoms with Crippen molar-refractivity contribution in [1.29, 1.82) is 0 Å². The number of hydrogen-bond acceptors (Lipinski definition) is 2. The molecule has 1 atom stereocenters. The molecule has 0 saturated carbocycles. The van der Waals surface area contributed by atoms with Gasteiger partial charge in [-0.2, -0.15) is 0 Å². The van der Waals surface area contributed by atoms with Crippen molar-refractivity contribution in [3.8, 4) is 0 Å². The summed E-state index contributed by atoms with van der Waals surface area (Å²) in [4.78, 5) is 1.78. The van der Waals surface area contributed by atoms with Crippen LogP contribution in [0.2, 0.25) is 0 Å². The predicted octanol–water partition coefficient (Wildman–Crippen LogP) is 2.25. The van der Waals surface area contributed by atoms with E-state index in [9.17, 15) is 0 Å². The van der Waals surface area contributed by atoms with Crippen LogP contribution < -0.4 is 0 Å². The molecule has 1 rings (SSSR count). The Kier molecular flexibility index (Phi) is 2.74. The van der Waals surface area contributed by atoms with Gasteiger partial charge in [0, 0.05) is 4.99 Å². The third kappa shape index (κ3) is 1.52. The topological polar surface area (TPSA) is 18.5 Å². The van der Waals surface area contributed by atoms with Crippen molar-refractivity contribution in [3.63, 3.8) is 0 Å². The maximum atomic E-state index is 5.30. The molecule has 58 valence electrons. The molecule has 0 aliphatic carbocycles. The lowest BCUT2D eigenvalue weighted by molar-refractivity contribution is 0.0345. The van der Waals surface area contributed by atoms with E-state index in [2.05, 4.69) is 29.8 Å². The summed E-state index contributed by atoms with van der Waals surface area (Å²) in [6.45, 7) is 4.60. The average Bonchev–Trinajstić information content (AvgIpc) is 2.33. The normalized spacial score (nSPS) is 29.6. The van der Waals surface area contributed by atoms with Crippen LogP contribution in [0.3, 0.4) is 0 Å². The first kappa shape index (κ1) is 8.08. The summed E-state index contributed by atoms with van der Waals surface area (Å²) >= 11 is 3.22. The van der Waals surface area contributed by atoms with Gasteiger partial charge in [0.25, 0.3) is 0 Å². The van der Waals surface area contributed by atoms with E-state index in [1.807, 2.05) is 0 Å². The van der Waals surface area contributed by atoms with E-state index in [-0.39, 0.29) is 6.10 Å². The third-order valence-electron chi connectivity index (χ3n) is 1.47. The van der Waals surface area contributed by atoms with E-state index in [4.69, 9.17) is 9.47 Å². The highest BCUT2D eigenvalue weighted by molar-refractivity contribution is 9.11. The quantitative estimate of drug-likeness (QED) is 0.656. The van der Waals surface area contributed by atoms with Crippen molar-refractivity contribution in [3.05, 3.63) is 10.7 Å². The molecule has 2 nitrogen and oxygen atoms in total. The first-order valence-electron chi connectivity index (χ1n) is 3.30. The molecule has 0 aromatic carbocycles. The molecule has 1 fully saturated rings. The van der Waals surface area contributed by atoms with Gasteiger partial charge in [0.1, 0.15) is 11.9 Å². The predicted molar refractivity (Wildman–Crippen MR) is 42.7 cm³/mol. The standard InChI is InChI=1S/C7H11BrO2/c1-5(2)7-6(3-8)9-4-10-7/h3,5,7H,4H2,1-2H3. The van der Waals surface area contributed by atoms with Crippen molar-refractivity contribution in [2.75, 3.05) is 6.79 Å². The Balaban J connectivity index is 2.59. The Morgan fingerprint density at radius 3 is 2.80 bits per heavy atom. The first-order valence-corrected chi connectivity index (χ1v) is 4.22. The maximum Gasteiger partial charge on any atom is 0.189 e. The monoisotopic (exact) mass is 206 g/mol. The molecule has 0 N–H and O–H groups in total. The molecule has 0 aromatic rings. The van der Waals surface area contributed by atoms with Crippen molar-refractivity contribution >= 4 is 15.9 Å². The summed E-state index contributed by atoms with van der Waals surface area (Å²) in [6.07, 6.45) is 0.138. The van der Waals surface area contributed by atoms with Crippen molar-refractivity contribution in [2.45, 2.75) is 20.0 Å². The summed E-state index contributed by atoms with van der Waals surface area (Å²) in [5.41, 5.74) is 0. The molecule has 1 aliphatic rings. The van der Waals surface area contributed by atoms with Crippen LogP contribution in [0.4, 0.5) is 0 Å². The van der Waals surface area contributed by atoms with Gasteiger partial charge in [-0.05, 0) is 5.92 Å². The summed E-state index contributed by atoms with van der Waals surface area (Å²) in [6, 6.07) is 0. The zero-order valence-electron chi connectivity index (χ0n) is 6.13. The van der Waals surface area contributed by atoms with Gasteiger partial charge in [-0.3, -0.25) is 0 Å². The second kappa shape index (κ2) is 3.39. The fourth-order valence-corrected chi connectivity index (χ4v) is 1.35. The van der Waals surface area contributed by atoms with Crippen molar-refractivity contribution in [1.82, 2.24) is 0 Å². The van der Waals surface area contributed by atoms with E-state index in [1.165, 1.54) is 0 Å². The zero-order chi connectivity index (χ0) is 7.56. The number of ether oxygens (including phenoxy) is 2. The molecular weight excluding hydrogens is 196 g/mol. The van der Waals surface area contributed by atoms with E-state index < -0.39 is 0 Å². The van der Waals surface area contributed by atoms with Gasteiger partial charge in [0.2, 0.25) is 0 Å². The highest BCUT2D eigenvalue weighted by atomic mass is 79.9. The zero-order valence-corrected chi connectivity index (χ0v) is 7.72. The van der Waals surface area contributed by atoms with Crippen LogP contribution in [-0.4, -0.2) is 12.9 Å². The third-order valence-corrected chi connectivity index (χ3v) is 1.92. The van der Waals surface area contributed by atoms with Crippen LogP contribution in [0.5, 0.6) is 0 Å². The second-order valence-electron chi connectivity index (χ2n) is 2.60. The van der Waals surface area contributed by atoms with Gasteiger partial charge in [0.15, 0.2) is 6.79 Å². The van der Waals surface area contributed by atoms with Gasteiger partial charge >= 0.3 is 0 Å². The Hall–Kier alpha value is -0.0200. The molecule has 0 amide bonds. The summed E-state index contributed by atoms with van der Waals surface area (Å²) in [5, 5.41) is 0. The van der Waals surface area contributed by atoms with Gasteiger partial charge in [0.05, 0.1) is 0 Å². The lowest BCUT2D eigenvalue weighted by atomic mass is 10.1. The van der Waals surface area contributed by atoms with Crippen LogP contribution in [0.15, 0.2) is 10.7 Å². The second-order valence-corrected chi connectivity index (χ2v) is 3.06. The number of halogens is 1. The minimum absolute atomic E-state index is 0.138. The minimum Gasteiger partial charge on any atom is -0.469 e. The minimum atomic E-state index is 0.138. The smallest absolute Gasteiger partial charge is 0.189 e. The van der Waals surface area contributed by atoms with Gasteiger partial charge in [-0.25, -0.2) is 0 Å². The lowest BCUT2D eigenvalue weighted by Gasteiger charge is -2.10. The van der Waals surface area contributed by atoms with Gasteiger partial charge in [-0.15, -0.1) is 0 Å². The molecule has 0 aromatic heterocycles. The maximum absolute atomic E-state index is 5.30. The van der Waals surface area contributed by atoms with Crippen LogP contribution in [0.25, 0.3) is 0 Å². The molecule has 1 heterocycles. The highest BCUT2D eigenvalue weighted by Crippen LogP contribution is 2.24. The number of rotatable bonds is 1. The molecule has 1 aliphatic heterocycles. The Labute approximate surface area is 69.3 Å². The van der Waals surface area contributed by atoms with E-state index in [0.717, 1.165) is 5.76 Å². The molecule has 0 radical (unpaired) electrons. The summed E-state index contributed by atoms with van der Waals surface area (Å²) < 4.78 is 10.5. The SMILES string of the molecule is CC(C)C1OCOC1=CBr. The molecule has 10 heavy (non-hydrogen) atoms. The van der Waals surface area contributed by atoms with Crippen molar-refractivity contribution in [2.24, 2.45) is 5.92 Å². The van der Waals surface area contributed by atoms with Crippen molar-refractivity contribution < 1.29 is 9.47 Å². The fraction of sp³-hybridized carbons (Fsp3) is 0.714. The van der Waals surface area contributed by atoms with E-state index in [0.29, 0.717) is 12.7 Å². The Morgan fingerprint density at radius 2 is 2.40 bits per heavy atom. The summed E-state index contributed by atoms with van der Waals surface area (Å²) in [7, 11) is 0. The largest absolute Gasteiger partial charge is 0.469 e. The van der Waals surface area contributed by atoms with E-state index in [1.54, 1.807) is 4.99 Å². The number of hydrogen-bond donors (Lipinski definition) is 0. The van der Waals surface area contributed by atoms with Crippen LogP contribution >= 0.6 is 15.9 Å². The Morgan fingerprint density at radius 1 is 1.70 bits per heavy atom. The van der Waals surface area contributed by atoms with Crippen LogP contribution in [-0.2, 0) is 9.47 Å². The van der Waals surface area contributed by atoms with E-state index >= 15 is 0 Å². The highest BCUT2D eigenvalue weighted by Gasteiger charge is 2.25. The summed E-state index contributed by atoms with van der Waals surface area (Å²) in [5.74, 6) is 1.38. The van der Waals surface area contributed by atoms with Crippen LogP contribution in [0, 0.1) is 5.92 Å². The Bertz CT molecular complexity index is 143. The average molecular weight is 207 g/mol. The molecule has 1 unspecified atom stereocenters. The molecule has 0 spiro atoms. The fourth-order valence-electron chi connectivity index (χ4n) is 0.954. The molecule has 3 heteroatoms. The van der Waals surface area contributed by atoms with Gasteiger partial charge < -0.3 is 9.47 Å². The molecule has 1 saturated heterocycles. The van der Waals surface area contributed by atoms with Gasteiger partial charge in [-0.1, -0.05) is 29.8 Å². The molecule has 0 bridgehead atoms.